The third-order valence-corrected chi connectivity index (χ3v) is 3.56. The third-order valence-electron chi connectivity index (χ3n) is 2.51. The number of H-pyrrole nitrogens is 1. The maximum absolute atomic E-state index is 13.9. The molecule has 0 saturated heterocycles. The van der Waals surface area contributed by atoms with Crippen molar-refractivity contribution in [1.29, 1.82) is 0 Å². The van der Waals surface area contributed by atoms with Gasteiger partial charge >= 0.3 is 0 Å². The van der Waals surface area contributed by atoms with E-state index in [0.717, 1.165) is 12.1 Å². The van der Waals surface area contributed by atoms with Gasteiger partial charge in [-0.25, -0.2) is 9.37 Å². The number of hydrogen-bond acceptors (Lipinski definition) is 4. The summed E-state index contributed by atoms with van der Waals surface area (Å²) in [6.07, 6.45) is 1.42. The molecule has 102 valence electrons. The maximum Gasteiger partial charge on any atom is 0.188 e. The van der Waals surface area contributed by atoms with Crippen LogP contribution in [0.4, 0.5) is 4.39 Å². The summed E-state index contributed by atoms with van der Waals surface area (Å²) in [5.41, 5.74) is 0.932. The van der Waals surface area contributed by atoms with E-state index in [1.54, 1.807) is 6.07 Å². The van der Waals surface area contributed by atoms with Crippen molar-refractivity contribution in [3.8, 4) is 0 Å². The van der Waals surface area contributed by atoms with E-state index in [2.05, 4.69) is 34.3 Å². The molecule has 0 aliphatic rings. The number of hydrogen-bond donors (Lipinski definition) is 2. The molecule has 2 N–H and O–H groups in total. The van der Waals surface area contributed by atoms with Crippen molar-refractivity contribution < 1.29 is 4.39 Å². The zero-order valence-corrected chi connectivity index (χ0v) is 11.8. The smallest absolute Gasteiger partial charge is 0.188 e. The highest BCUT2D eigenvalue weighted by Crippen LogP contribution is 2.30. The van der Waals surface area contributed by atoms with Crippen LogP contribution < -0.4 is 5.32 Å². The van der Waals surface area contributed by atoms with E-state index in [1.165, 1.54) is 24.2 Å². The summed E-state index contributed by atoms with van der Waals surface area (Å²) in [6.45, 7) is 5.83. The Labute approximate surface area is 116 Å². The van der Waals surface area contributed by atoms with Crippen LogP contribution in [0.2, 0.25) is 0 Å². The molecular formula is C13H17FN4S. The Morgan fingerprint density at radius 3 is 2.95 bits per heavy atom. The Kier molecular flexibility index (Phi) is 4.93. The Morgan fingerprint density at radius 1 is 1.42 bits per heavy atom. The fourth-order valence-electron chi connectivity index (χ4n) is 1.64. The fraction of sp³-hybridized carbons (Fsp3) is 0.385. The molecule has 0 unspecified atom stereocenters. The quantitative estimate of drug-likeness (QED) is 0.854. The average molecular weight is 280 g/mol. The first-order valence-electron chi connectivity index (χ1n) is 6.18. The fourth-order valence-corrected chi connectivity index (χ4v) is 2.47. The predicted octanol–water partition coefficient (Wildman–Crippen LogP) is 2.84. The molecular weight excluding hydrogens is 263 g/mol. The molecule has 1 aromatic carbocycles. The second-order valence-electron chi connectivity index (χ2n) is 4.65. The number of nitrogens with one attached hydrogen (secondary N) is 2. The van der Waals surface area contributed by atoms with Gasteiger partial charge in [-0.15, -0.1) is 0 Å². The lowest BCUT2D eigenvalue weighted by molar-refractivity contribution is 0.543. The summed E-state index contributed by atoms with van der Waals surface area (Å²) < 4.78 is 13.9. The predicted molar refractivity (Wildman–Crippen MR) is 73.5 cm³/mol. The van der Waals surface area contributed by atoms with Crippen LogP contribution in [-0.2, 0) is 6.54 Å². The van der Waals surface area contributed by atoms with E-state index in [9.17, 15) is 4.39 Å². The number of aromatic amines is 1. The van der Waals surface area contributed by atoms with Gasteiger partial charge in [0.25, 0.3) is 0 Å². The number of halogens is 1. The van der Waals surface area contributed by atoms with Gasteiger partial charge in [-0.3, -0.25) is 5.10 Å². The lowest BCUT2D eigenvalue weighted by Crippen LogP contribution is -2.19. The van der Waals surface area contributed by atoms with Crippen molar-refractivity contribution in [1.82, 2.24) is 20.5 Å². The summed E-state index contributed by atoms with van der Waals surface area (Å²) in [7, 11) is 0. The van der Waals surface area contributed by atoms with E-state index in [1.807, 2.05) is 6.07 Å². The van der Waals surface area contributed by atoms with Crippen molar-refractivity contribution in [2.75, 3.05) is 6.54 Å². The van der Waals surface area contributed by atoms with Crippen molar-refractivity contribution in [3.05, 3.63) is 35.9 Å². The van der Waals surface area contributed by atoms with E-state index >= 15 is 0 Å². The van der Waals surface area contributed by atoms with Crippen LogP contribution in [0.25, 0.3) is 0 Å². The molecule has 2 rings (SSSR count). The van der Waals surface area contributed by atoms with Crippen LogP contribution >= 0.6 is 11.8 Å². The van der Waals surface area contributed by atoms with Gasteiger partial charge in [0.1, 0.15) is 12.1 Å². The Hall–Kier alpha value is -1.40. The molecule has 0 amide bonds. The normalized spacial score (nSPS) is 11.2. The summed E-state index contributed by atoms with van der Waals surface area (Å²) in [5, 5.41) is 10.4. The molecule has 0 aliphatic heterocycles. The van der Waals surface area contributed by atoms with Gasteiger partial charge < -0.3 is 5.32 Å². The molecule has 2 aromatic rings. The van der Waals surface area contributed by atoms with Crippen LogP contribution in [0.1, 0.15) is 19.4 Å². The Bertz CT molecular complexity index is 513. The topological polar surface area (TPSA) is 53.6 Å². The summed E-state index contributed by atoms with van der Waals surface area (Å²) in [6, 6.07) is 5.12. The molecule has 4 nitrogen and oxygen atoms in total. The number of nitrogens with zero attached hydrogens (tertiary/aromatic N) is 2. The largest absolute Gasteiger partial charge is 0.312 e. The van der Waals surface area contributed by atoms with Crippen LogP contribution in [0, 0.1) is 11.7 Å². The molecule has 0 fully saturated rings. The molecule has 0 bridgehead atoms. The molecule has 0 atom stereocenters. The van der Waals surface area contributed by atoms with E-state index in [4.69, 9.17) is 0 Å². The van der Waals surface area contributed by atoms with Gasteiger partial charge in [0.2, 0.25) is 0 Å². The van der Waals surface area contributed by atoms with Crippen LogP contribution in [0.5, 0.6) is 0 Å². The highest BCUT2D eigenvalue weighted by molar-refractivity contribution is 7.99. The monoisotopic (exact) mass is 280 g/mol. The minimum absolute atomic E-state index is 0.231. The minimum Gasteiger partial charge on any atom is -0.312 e. The van der Waals surface area contributed by atoms with Gasteiger partial charge in [-0.05, 0) is 35.9 Å². The lowest BCUT2D eigenvalue weighted by atomic mass is 10.2. The van der Waals surface area contributed by atoms with E-state index in [0.29, 0.717) is 22.5 Å². The summed E-state index contributed by atoms with van der Waals surface area (Å²) in [5.74, 6) is 0.337. The molecule has 0 spiro atoms. The van der Waals surface area contributed by atoms with Gasteiger partial charge in [0.05, 0.1) is 4.90 Å². The van der Waals surface area contributed by atoms with Gasteiger partial charge in [-0.2, -0.15) is 5.10 Å². The third kappa shape index (κ3) is 4.04. The standard InChI is InChI=1S/C13H17FN4S/c1-9(2)6-15-7-10-4-3-5-11(14)12(10)19-13-16-8-17-18-13/h3-5,8-9,15H,6-7H2,1-2H3,(H,16,17,18). The minimum atomic E-state index is -0.231. The highest BCUT2D eigenvalue weighted by Gasteiger charge is 2.11. The Balaban J connectivity index is 2.11. The van der Waals surface area contributed by atoms with Crippen molar-refractivity contribution >= 4 is 11.8 Å². The van der Waals surface area contributed by atoms with Crippen LogP contribution in [0.15, 0.2) is 34.6 Å². The average Bonchev–Trinajstić information content (AvgIpc) is 2.85. The zero-order chi connectivity index (χ0) is 13.7. The van der Waals surface area contributed by atoms with Crippen molar-refractivity contribution in [2.45, 2.75) is 30.4 Å². The van der Waals surface area contributed by atoms with Crippen molar-refractivity contribution in [2.24, 2.45) is 5.92 Å². The molecule has 6 heteroatoms. The first kappa shape index (κ1) is 14.0. The molecule has 1 aromatic heterocycles. The first-order valence-corrected chi connectivity index (χ1v) is 6.99. The first-order chi connectivity index (χ1) is 9.16. The van der Waals surface area contributed by atoms with Crippen LogP contribution in [0.3, 0.4) is 0 Å². The highest BCUT2D eigenvalue weighted by atomic mass is 32.2. The zero-order valence-electron chi connectivity index (χ0n) is 11.0. The van der Waals surface area contributed by atoms with Crippen molar-refractivity contribution in [3.63, 3.8) is 0 Å². The van der Waals surface area contributed by atoms with Crippen LogP contribution in [-0.4, -0.2) is 21.7 Å². The molecule has 0 aliphatic carbocycles. The maximum atomic E-state index is 13.9. The Morgan fingerprint density at radius 2 is 2.26 bits per heavy atom. The summed E-state index contributed by atoms with van der Waals surface area (Å²) >= 11 is 1.26. The van der Waals surface area contributed by atoms with Gasteiger partial charge in [0.15, 0.2) is 5.16 Å². The number of rotatable bonds is 6. The second-order valence-corrected chi connectivity index (χ2v) is 5.64. The van der Waals surface area contributed by atoms with Gasteiger partial charge in [-0.1, -0.05) is 26.0 Å². The number of aromatic nitrogens is 3. The molecule has 1 heterocycles. The lowest BCUT2D eigenvalue weighted by Gasteiger charge is -2.11. The second kappa shape index (κ2) is 6.68. The molecule has 0 saturated carbocycles. The van der Waals surface area contributed by atoms with E-state index < -0.39 is 0 Å². The summed E-state index contributed by atoms with van der Waals surface area (Å²) in [4.78, 5) is 4.60. The van der Waals surface area contributed by atoms with E-state index in [-0.39, 0.29) is 5.82 Å². The SMILES string of the molecule is CC(C)CNCc1cccc(F)c1Sc1ncn[nH]1. The number of benzene rings is 1. The molecule has 0 radical (unpaired) electrons. The molecule has 19 heavy (non-hydrogen) atoms. The van der Waals surface area contributed by atoms with Gasteiger partial charge in [0, 0.05) is 6.54 Å².